The van der Waals surface area contributed by atoms with Crippen molar-refractivity contribution < 1.29 is 26.7 Å². The molecule has 0 aliphatic rings. The molecule has 0 aliphatic carbocycles. The number of aliphatic hydroxyl groups excluding tert-OH is 1. The summed E-state index contributed by atoms with van der Waals surface area (Å²) < 4.78 is 60.7. The van der Waals surface area contributed by atoms with E-state index in [1.165, 1.54) is 4.72 Å². The van der Waals surface area contributed by atoms with Gasteiger partial charge in [0.15, 0.2) is 0 Å². The highest BCUT2D eigenvalue weighted by Crippen LogP contribution is 2.31. The molecule has 0 atom stereocenters. The van der Waals surface area contributed by atoms with Crippen LogP contribution in [-0.4, -0.2) is 26.2 Å². The fourth-order valence-electron chi connectivity index (χ4n) is 1.18. The highest BCUT2D eigenvalue weighted by molar-refractivity contribution is 7.89. The van der Waals surface area contributed by atoms with Crippen molar-refractivity contribution in [2.45, 2.75) is 17.7 Å². The highest BCUT2D eigenvalue weighted by atomic mass is 35.5. The van der Waals surface area contributed by atoms with Gasteiger partial charge in [-0.1, -0.05) is 23.2 Å². The van der Waals surface area contributed by atoms with Crippen LogP contribution in [0.2, 0.25) is 10.0 Å². The third-order valence-electron chi connectivity index (χ3n) is 2.06. The molecule has 0 heterocycles. The van der Waals surface area contributed by atoms with Gasteiger partial charge in [-0.3, -0.25) is 0 Å². The predicted octanol–water partition coefficient (Wildman–Crippen LogP) is 2.33. The van der Waals surface area contributed by atoms with Crippen molar-refractivity contribution in [3.63, 3.8) is 0 Å². The number of benzene rings is 1. The first kappa shape index (κ1) is 16.5. The number of nitrogens with one attached hydrogen (secondary N) is 1. The van der Waals surface area contributed by atoms with Crippen molar-refractivity contribution in [3.05, 3.63) is 27.7 Å². The Kier molecular flexibility index (Phi) is 5.08. The van der Waals surface area contributed by atoms with E-state index >= 15 is 0 Å². The van der Waals surface area contributed by atoms with Gasteiger partial charge in [0.1, 0.15) is 11.4 Å². The highest BCUT2D eigenvalue weighted by Gasteiger charge is 2.31. The van der Waals surface area contributed by atoms with Crippen LogP contribution in [0.1, 0.15) is 5.56 Å². The van der Waals surface area contributed by atoms with Gasteiger partial charge in [-0.2, -0.15) is 13.2 Å². The van der Waals surface area contributed by atoms with E-state index in [2.05, 4.69) is 0 Å². The summed E-state index contributed by atoms with van der Waals surface area (Å²) >= 11 is 11.4. The Morgan fingerprint density at radius 2 is 1.84 bits per heavy atom. The van der Waals surface area contributed by atoms with Crippen molar-refractivity contribution in [1.82, 2.24) is 4.72 Å². The standard InChI is InChI=1S/C9H8Cl2F3NO3S/c10-6-1-2-7(8(11)5(6)3-16)19(17,18)15-4-9(12,13)14/h1-2,15-16H,3-4H2. The first-order chi connectivity index (χ1) is 8.58. The molecule has 0 unspecified atom stereocenters. The first-order valence-electron chi connectivity index (χ1n) is 4.72. The van der Waals surface area contributed by atoms with Crippen molar-refractivity contribution in [3.8, 4) is 0 Å². The molecular weight excluding hydrogens is 330 g/mol. The number of aliphatic hydroxyl groups is 1. The lowest BCUT2D eigenvalue weighted by Crippen LogP contribution is -2.34. The summed E-state index contributed by atoms with van der Waals surface area (Å²) in [6.07, 6.45) is -4.69. The molecule has 0 fully saturated rings. The molecule has 19 heavy (non-hydrogen) atoms. The number of rotatable bonds is 4. The molecule has 0 saturated carbocycles. The molecule has 1 rings (SSSR count). The van der Waals surface area contributed by atoms with Crippen molar-refractivity contribution in [2.24, 2.45) is 0 Å². The van der Waals surface area contributed by atoms with Crippen molar-refractivity contribution in [1.29, 1.82) is 0 Å². The Morgan fingerprint density at radius 1 is 1.26 bits per heavy atom. The molecule has 0 spiro atoms. The van der Waals surface area contributed by atoms with Gasteiger partial charge in [0.05, 0.1) is 11.6 Å². The monoisotopic (exact) mass is 337 g/mol. The van der Waals surface area contributed by atoms with Crippen LogP contribution in [0.25, 0.3) is 0 Å². The molecule has 4 nitrogen and oxygen atoms in total. The maximum atomic E-state index is 12.0. The van der Waals surface area contributed by atoms with Gasteiger partial charge in [-0.15, -0.1) is 0 Å². The largest absolute Gasteiger partial charge is 0.402 e. The van der Waals surface area contributed by atoms with Gasteiger partial charge < -0.3 is 5.11 Å². The molecule has 10 heteroatoms. The predicted molar refractivity (Wildman–Crippen MR) is 63.6 cm³/mol. The maximum Gasteiger partial charge on any atom is 0.402 e. The zero-order valence-corrected chi connectivity index (χ0v) is 11.5. The SMILES string of the molecule is O=S(=O)(NCC(F)(F)F)c1ccc(Cl)c(CO)c1Cl. The van der Waals surface area contributed by atoms with E-state index in [4.69, 9.17) is 28.3 Å². The molecule has 1 aromatic rings. The smallest absolute Gasteiger partial charge is 0.392 e. The average molecular weight is 338 g/mol. The lowest BCUT2D eigenvalue weighted by molar-refractivity contribution is -0.121. The number of hydrogen-bond acceptors (Lipinski definition) is 3. The summed E-state index contributed by atoms with van der Waals surface area (Å²) in [7, 11) is -4.45. The van der Waals surface area contributed by atoms with Gasteiger partial charge >= 0.3 is 6.18 Å². The van der Waals surface area contributed by atoms with Crippen molar-refractivity contribution in [2.75, 3.05) is 6.54 Å². The number of halogens is 5. The van der Waals surface area contributed by atoms with Crippen molar-refractivity contribution >= 4 is 33.2 Å². The Labute approximate surface area is 117 Å². The summed E-state index contributed by atoms with van der Waals surface area (Å²) in [6.45, 7) is -2.36. The number of alkyl halides is 3. The summed E-state index contributed by atoms with van der Waals surface area (Å²) in [5.41, 5.74) is -0.0711. The minimum atomic E-state index is -4.69. The van der Waals surface area contributed by atoms with Crippen LogP contribution in [0.3, 0.4) is 0 Å². The Hall–Kier alpha value is -0.540. The minimum absolute atomic E-state index is 0.0160. The minimum Gasteiger partial charge on any atom is -0.392 e. The summed E-state index contributed by atoms with van der Waals surface area (Å²) in [6, 6.07) is 2.09. The number of sulfonamides is 1. The second-order valence-corrected chi connectivity index (χ2v) is 5.96. The van der Waals surface area contributed by atoms with Crippen LogP contribution < -0.4 is 4.72 Å². The van der Waals surface area contributed by atoms with Gasteiger partial charge in [-0.05, 0) is 12.1 Å². The third-order valence-corrected chi connectivity index (χ3v) is 4.40. The van der Waals surface area contributed by atoms with E-state index in [0.29, 0.717) is 0 Å². The molecule has 0 amide bonds. The molecule has 0 aliphatic heterocycles. The lowest BCUT2D eigenvalue weighted by atomic mass is 10.2. The van der Waals surface area contributed by atoms with Crippen LogP contribution in [0.5, 0.6) is 0 Å². The Balaban J connectivity index is 3.16. The fraction of sp³-hybridized carbons (Fsp3) is 0.333. The molecule has 2 N–H and O–H groups in total. The molecular formula is C9H8Cl2F3NO3S. The second kappa shape index (κ2) is 5.84. The Bertz CT molecular complexity index is 575. The molecule has 108 valence electrons. The summed E-state index contributed by atoms with van der Waals surface area (Å²) in [4.78, 5) is -0.577. The third kappa shape index (κ3) is 4.22. The topological polar surface area (TPSA) is 66.4 Å². The van der Waals surface area contributed by atoms with Gasteiger partial charge in [0, 0.05) is 10.6 Å². The lowest BCUT2D eigenvalue weighted by Gasteiger charge is -2.12. The molecule has 0 radical (unpaired) electrons. The fourth-order valence-corrected chi connectivity index (χ4v) is 3.09. The Morgan fingerprint density at radius 3 is 2.32 bits per heavy atom. The van der Waals surface area contributed by atoms with Crippen LogP contribution in [0.15, 0.2) is 17.0 Å². The molecule has 0 aromatic heterocycles. The zero-order chi connectivity index (χ0) is 14.8. The van der Waals surface area contributed by atoms with Gasteiger partial charge in [0.25, 0.3) is 0 Å². The number of hydrogen-bond donors (Lipinski definition) is 2. The van der Waals surface area contributed by atoms with Crippen LogP contribution in [-0.2, 0) is 16.6 Å². The van der Waals surface area contributed by atoms with E-state index in [1.54, 1.807) is 0 Å². The quantitative estimate of drug-likeness (QED) is 0.886. The van der Waals surface area contributed by atoms with Gasteiger partial charge in [-0.25, -0.2) is 13.1 Å². The molecule has 0 saturated heterocycles. The van der Waals surface area contributed by atoms with Crippen LogP contribution in [0.4, 0.5) is 13.2 Å². The van der Waals surface area contributed by atoms with Crippen LogP contribution >= 0.6 is 23.2 Å². The summed E-state index contributed by atoms with van der Waals surface area (Å²) in [5, 5.41) is 8.59. The molecule has 1 aromatic carbocycles. The maximum absolute atomic E-state index is 12.0. The summed E-state index contributed by atoms with van der Waals surface area (Å²) in [5.74, 6) is 0. The van der Waals surface area contributed by atoms with E-state index in [1.807, 2.05) is 0 Å². The van der Waals surface area contributed by atoms with Crippen LogP contribution in [0, 0.1) is 0 Å². The normalized spacial score (nSPS) is 12.7. The first-order valence-corrected chi connectivity index (χ1v) is 6.96. The van der Waals surface area contributed by atoms with Gasteiger partial charge in [0.2, 0.25) is 10.0 Å². The average Bonchev–Trinajstić information content (AvgIpc) is 2.26. The van der Waals surface area contributed by atoms with E-state index in [0.717, 1.165) is 12.1 Å². The van der Waals surface area contributed by atoms with E-state index in [9.17, 15) is 21.6 Å². The zero-order valence-electron chi connectivity index (χ0n) is 9.13. The second-order valence-electron chi connectivity index (χ2n) is 3.44. The van der Waals surface area contributed by atoms with E-state index in [-0.39, 0.29) is 10.6 Å². The molecule has 0 bridgehead atoms. The van der Waals surface area contributed by atoms with E-state index < -0.39 is 39.3 Å².